The fourth-order valence-corrected chi connectivity index (χ4v) is 2.32. The highest BCUT2D eigenvalue weighted by molar-refractivity contribution is 6.33. The molecule has 1 aromatic carbocycles. The molecule has 0 unspecified atom stereocenters. The third kappa shape index (κ3) is 3.33. The molecule has 4 nitrogen and oxygen atoms in total. The third-order valence-corrected chi connectivity index (χ3v) is 3.13. The van der Waals surface area contributed by atoms with Gasteiger partial charge in [-0.2, -0.15) is 0 Å². The van der Waals surface area contributed by atoms with Gasteiger partial charge in [-0.3, -0.25) is 5.01 Å². The van der Waals surface area contributed by atoms with E-state index in [-0.39, 0.29) is 5.02 Å². The van der Waals surface area contributed by atoms with Crippen LogP contribution in [0.2, 0.25) is 5.02 Å². The molecule has 0 radical (unpaired) electrons. The molecule has 0 spiro atoms. The van der Waals surface area contributed by atoms with Gasteiger partial charge in [-0.15, -0.1) is 0 Å². The van der Waals surface area contributed by atoms with Crippen LogP contribution in [0.25, 0.3) is 0 Å². The number of halogens is 2. The van der Waals surface area contributed by atoms with Crippen molar-refractivity contribution in [2.75, 3.05) is 18.1 Å². The van der Waals surface area contributed by atoms with Crippen molar-refractivity contribution in [3.05, 3.63) is 29.0 Å². The maximum absolute atomic E-state index is 13.1. The largest absolute Gasteiger partial charge is 0.442 e. The number of nitrogens with zero attached hydrogens (tertiary/aromatic N) is 2. The van der Waals surface area contributed by atoms with Gasteiger partial charge in [0.05, 0.1) is 10.7 Å². The Morgan fingerprint density at radius 3 is 2.65 bits per heavy atom. The Bertz CT molecular complexity index is 516. The van der Waals surface area contributed by atoms with Gasteiger partial charge in [0.15, 0.2) is 0 Å². The van der Waals surface area contributed by atoms with Crippen molar-refractivity contribution in [1.29, 1.82) is 0 Å². The molecule has 1 aliphatic rings. The lowest BCUT2D eigenvalue weighted by Crippen LogP contribution is -2.44. The van der Waals surface area contributed by atoms with Crippen LogP contribution in [0.1, 0.15) is 27.2 Å². The van der Waals surface area contributed by atoms with Crippen LogP contribution in [0.5, 0.6) is 0 Å². The summed E-state index contributed by atoms with van der Waals surface area (Å²) in [4.78, 5) is 12.2. The predicted molar refractivity (Wildman–Crippen MR) is 76.3 cm³/mol. The monoisotopic (exact) mass is 300 g/mol. The Morgan fingerprint density at radius 1 is 1.35 bits per heavy atom. The molecule has 1 heterocycles. The Morgan fingerprint density at radius 2 is 2.05 bits per heavy atom. The van der Waals surface area contributed by atoms with Crippen LogP contribution in [0.15, 0.2) is 18.2 Å². The van der Waals surface area contributed by atoms with Crippen molar-refractivity contribution in [2.24, 2.45) is 0 Å². The summed E-state index contributed by atoms with van der Waals surface area (Å²) in [6, 6.07) is 4.13. The standard InChI is InChI=1S/C14H18ClFN2O2/c1-14(2,3)20-13(19)18-8-4-7-17(18)12-6-5-10(16)9-11(12)15/h5-6,9H,4,7-8H2,1-3H3. The molecule has 6 heteroatoms. The smallest absolute Gasteiger partial charge is 0.429 e. The first-order chi connectivity index (χ1) is 9.28. The van der Waals surface area contributed by atoms with E-state index in [2.05, 4.69) is 0 Å². The van der Waals surface area contributed by atoms with Gasteiger partial charge in [0.25, 0.3) is 0 Å². The fourth-order valence-electron chi connectivity index (χ4n) is 2.06. The second-order valence-electron chi connectivity index (χ2n) is 5.68. The molecular weight excluding hydrogens is 283 g/mol. The van der Waals surface area contributed by atoms with Gasteiger partial charge >= 0.3 is 6.09 Å². The fraction of sp³-hybridized carbons (Fsp3) is 0.500. The van der Waals surface area contributed by atoms with Crippen LogP contribution in [0.3, 0.4) is 0 Å². The Balaban J connectivity index is 2.21. The normalized spacial score (nSPS) is 15.7. The minimum Gasteiger partial charge on any atom is -0.442 e. The molecule has 20 heavy (non-hydrogen) atoms. The van der Waals surface area contributed by atoms with Gasteiger partial charge in [0, 0.05) is 13.1 Å². The van der Waals surface area contributed by atoms with Gasteiger partial charge < -0.3 is 4.74 Å². The lowest BCUT2D eigenvalue weighted by atomic mass is 10.2. The summed E-state index contributed by atoms with van der Waals surface area (Å²) in [6.07, 6.45) is 0.392. The highest BCUT2D eigenvalue weighted by Gasteiger charge is 2.31. The zero-order valence-corrected chi connectivity index (χ0v) is 12.6. The zero-order valence-electron chi connectivity index (χ0n) is 11.8. The number of hydrogen-bond acceptors (Lipinski definition) is 3. The molecular formula is C14H18ClFN2O2. The molecule has 1 aliphatic heterocycles. The summed E-state index contributed by atoms with van der Waals surface area (Å²) < 4.78 is 18.5. The summed E-state index contributed by atoms with van der Waals surface area (Å²) in [6.45, 7) is 6.65. The minimum atomic E-state index is -0.558. The van der Waals surface area contributed by atoms with E-state index in [1.54, 1.807) is 11.1 Å². The maximum Gasteiger partial charge on any atom is 0.429 e. The average molecular weight is 301 g/mol. The van der Waals surface area contributed by atoms with Crippen molar-refractivity contribution in [3.63, 3.8) is 0 Å². The molecule has 1 aromatic rings. The van der Waals surface area contributed by atoms with Crippen LogP contribution >= 0.6 is 11.6 Å². The van der Waals surface area contributed by atoms with E-state index in [0.717, 1.165) is 6.42 Å². The summed E-state index contributed by atoms with van der Waals surface area (Å²) in [5.41, 5.74) is 0.0502. The van der Waals surface area contributed by atoms with Crippen LogP contribution in [0, 0.1) is 5.82 Å². The van der Waals surface area contributed by atoms with E-state index in [9.17, 15) is 9.18 Å². The first-order valence-electron chi connectivity index (χ1n) is 6.51. The number of anilines is 1. The number of carbonyl (C=O) groups excluding carboxylic acids is 1. The topological polar surface area (TPSA) is 32.8 Å². The molecule has 0 atom stereocenters. The average Bonchev–Trinajstić information content (AvgIpc) is 2.75. The van der Waals surface area contributed by atoms with E-state index in [4.69, 9.17) is 16.3 Å². The molecule has 110 valence electrons. The van der Waals surface area contributed by atoms with Crippen molar-refractivity contribution in [1.82, 2.24) is 5.01 Å². The van der Waals surface area contributed by atoms with Gasteiger partial charge in [-0.25, -0.2) is 14.2 Å². The van der Waals surface area contributed by atoms with E-state index in [1.165, 1.54) is 17.1 Å². The van der Waals surface area contributed by atoms with Crippen molar-refractivity contribution in [3.8, 4) is 0 Å². The number of carbonyl (C=O) groups is 1. The second-order valence-corrected chi connectivity index (χ2v) is 6.08. The molecule has 0 bridgehead atoms. The van der Waals surface area contributed by atoms with Crippen molar-refractivity contribution < 1.29 is 13.9 Å². The molecule has 0 saturated carbocycles. The number of amides is 1. The lowest BCUT2D eigenvalue weighted by molar-refractivity contribution is 0.0274. The molecule has 0 N–H and O–H groups in total. The Kier molecular flexibility index (Phi) is 4.09. The highest BCUT2D eigenvalue weighted by Crippen LogP contribution is 2.31. The summed E-state index contributed by atoms with van der Waals surface area (Å²) in [7, 11) is 0. The predicted octanol–water partition coefficient (Wildman–Crippen LogP) is 3.84. The number of rotatable bonds is 1. The first kappa shape index (κ1) is 14.9. The molecule has 0 aromatic heterocycles. The minimum absolute atomic E-state index is 0.278. The summed E-state index contributed by atoms with van der Waals surface area (Å²) >= 11 is 6.05. The third-order valence-electron chi connectivity index (χ3n) is 2.82. The van der Waals surface area contributed by atoms with Gasteiger partial charge in [-0.1, -0.05) is 11.6 Å². The SMILES string of the molecule is CC(C)(C)OC(=O)N1CCCN1c1ccc(F)cc1Cl. The molecule has 2 rings (SSSR count). The van der Waals surface area contributed by atoms with Gasteiger partial charge in [0.1, 0.15) is 11.4 Å². The number of ether oxygens (including phenoxy) is 1. The van der Waals surface area contributed by atoms with E-state index in [1.807, 2.05) is 20.8 Å². The van der Waals surface area contributed by atoms with Crippen LogP contribution in [0.4, 0.5) is 14.9 Å². The quantitative estimate of drug-likeness (QED) is 0.790. The Labute approximate surface area is 123 Å². The van der Waals surface area contributed by atoms with Gasteiger partial charge in [0.2, 0.25) is 0 Å². The van der Waals surface area contributed by atoms with E-state index >= 15 is 0 Å². The maximum atomic E-state index is 13.1. The molecule has 0 aliphatic carbocycles. The second kappa shape index (κ2) is 5.48. The van der Waals surface area contributed by atoms with Crippen LogP contribution < -0.4 is 5.01 Å². The van der Waals surface area contributed by atoms with Crippen molar-refractivity contribution in [2.45, 2.75) is 32.8 Å². The molecule has 1 amide bonds. The summed E-state index contributed by atoms with van der Waals surface area (Å²) in [5.74, 6) is -0.401. The zero-order chi connectivity index (χ0) is 14.9. The molecule has 1 saturated heterocycles. The van der Waals surface area contributed by atoms with Crippen molar-refractivity contribution >= 4 is 23.4 Å². The highest BCUT2D eigenvalue weighted by atomic mass is 35.5. The van der Waals surface area contributed by atoms with Gasteiger partial charge in [-0.05, 0) is 45.4 Å². The molecule has 1 fully saturated rings. The first-order valence-corrected chi connectivity index (χ1v) is 6.89. The van der Waals surface area contributed by atoms with E-state index in [0.29, 0.717) is 18.8 Å². The summed E-state index contributed by atoms with van der Waals surface area (Å²) in [5, 5.41) is 3.51. The van der Waals surface area contributed by atoms with Crippen LogP contribution in [-0.2, 0) is 4.74 Å². The number of hydrazine groups is 1. The Hall–Kier alpha value is -1.49. The lowest BCUT2D eigenvalue weighted by Gasteiger charge is -2.32. The van der Waals surface area contributed by atoms with Crippen LogP contribution in [-0.4, -0.2) is 29.8 Å². The number of hydrogen-bond donors (Lipinski definition) is 0. The van der Waals surface area contributed by atoms with E-state index < -0.39 is 17.5 Å². The number of benzene rings is 1.